The summed E-state index contributed by atoms with van der Waals surface area (Å²) in [6, 6.07) is 6.74. The number of aromatic hydroxyl groups is 1. The van der Waals surface area contributed by atoms with Crippen molar-refractivity contribution in [2.45, 2.75) is 20.4 Å². The van der Waals surface area contributed by atoms with Gasteiger partial charge in [0.25, 0.3) is 0 Å². The minimum atomic E-state index is 0.000969. The average molecular weight is 312 g/mol. The van der Waals surface area contributed by atoms with Gasteiger partial charge in [-0.15, -0.1) is 0 Å². The first-order chi connectivity index (χ1) is 11.0. The minimum absolute atomic E-state index is 0.000969. The quantitative estimate of drug-likeness (QED) is 0.746. The van der Waals surface area contributed by atoms with Crippen molar-refractivity contribution in [3.63, 3.8) is 0 Å². The zero-order valence-electron chi connectivity index (χ0n) is 13.1. The number of phenolic OH excluding ortho intramolecular Hbond substituents is 1. The Morgan fingerprint density at radius 3 is 2.48 bits per heavy atom. The van der Waals surface area contributed by atoms with Crippen molar-refractivity contribution in [2.24, 2.45) is 12.2 Å². The molecule has 2 aromatic heterocycles. The van der Waals surface area contributed by atoms with Crippen LogP contribution in [0.5, 0.6) is 5.75 Å². The van der Waals surface area contributed by atoms with Gasteiger partial charge in [-0.1, -0.05) is 10.3 Å². The van der Waals surface area contributed by atoms with E-state index in [0.29, 0.717) is 17.1 Å². The van der Waals surface area contributed by atoms with Gasteiger partial charge in [-0.3, -0.25) is 4.68 Å². The summed E-state index contributed by atoms with van der Waals surface area (Å²) in [6.45, 7) is 3.67. The average Bonchev–Trinajstić information content (AvgIpc) is 3.01. The van der Waals surface area contributed by atoms with Crippen LogP contribution >= 0.6 is 0 Å². The molecule has 0 aliphatic carbocycles. The first-order valence-electron chi connectivity index (χ1n) is 7.10. The third kappa shape index (κ3) is 2.50. The molecule has 1 aromatic carbocycles. The third-order valence-electron chi connectivity index (χ3n) is 3.80. The van der Waals surface area contributed by atoms with Crippen LogP contribution < -0.4 is 0 Å². The van der Waals surface area contributed by atoms with Crippen molar-refractivity contribution >= 4 is 0 Å². The lowest BCUT2D eigenvalue weighted by molar-refractivity contribution is 0.393. The molecule has 0 radical (unpaired) electrons. The van der Waals surface area contributed by atoms with Gasteiger partial charge in [-0.25, -0.2) is 0 Å². The normalized spacial score (nSPS) is 10.9. The van der Waals surface area contributed by atoms with Crippen LogP contribution in [-0.2, 0) is 13.6 Å². The van der Waals surface area contributed by atoms with Gasteiger partial charge in [0.2, 0.25) is 0 Å². The number of aryl methyl sites for hydroxylation is 3. The molecule has 23 heavy (non-hydrogen) atoms. The highest BCUT2D eigenvalue weighted by Gasteiger charge is 2.24. The van der Waals surface area contributed by atoms with Crippen molar-refractivity contribution < 1.29 is 9.63 Å². The topological polar surface area (TPSA) is 93.5 Å². The summed E-state index contributed by atoms with van der Waals surface area (Å²) in [5.41, 5.74) is 4.54. The summed E-state index contributed by atoms with van der Waals surface area (Å²) in [4.78, 5) is 10.8. The van der Waals surface area contributed by atoms with Gasteiger partial charge in [0.1, 0.15) is 23.7 Å². The summed E-state index contributed by atoms with van der Waals surface area (Å²) in [6.07, 6.45) is 0. The van der Waals surface area contributed by atoms with Crippen molar-refractivity contribution in [3.05, 3.63) is 46.3 Å². The number of rotatable bonds is 4. The number of aromatic nitrogens is 3. The van der Waals surface area contributed by atoms with E-state index in [0.717, 1.165) is 22.4 Å². The number of nitroso groups, excluding NO2 is 1. The Balaban J connectivity index is 2.30. The molecule has 0 unspecified atom stereocenters. The molecule has 0 bridgehead atoms. The lowest BCUT2D eigenvalue weighted by atomic mass is 9.97. The predicted molar refractivity (Wildman–Crippen MR) is 84.8 cm³/mol. The summed E-state index contributed by atoms with van der Waals surface area (Å²) in [7, 11) is 1.77. The van der Waals surface area contributed by atoms with Crippen LogP contribution in [0.2, 0.25) is 0 Å². The second kappa shape index (κ2) is 5.68. The molecule has 118 valence electrons. The molecule has 7 nitrogen and oxygen atoms in total. The van der Waals surface area contributed by atoms with Crippen LogP contribution in [0.3, 0.4) is 0 Å². The molecule has 0 atom stereocenters. The Morgan fingerprint density at radius 1 is 1.22 bits per heavy atom. The maximum Gasteiger partial charge on any atom is 0.141 e. The first-order valence-corrected chi connectivity index (χ1v) is 7.10. The largest absolute Gasteiger partial charge is 0.508 e. The highest BCUT2D eigenvalue weighted by atomic mass is 16.5. The zero-order chi connectivity index (χ0) is 16.6. The standard InChI is InChI=1S/C16H16N4O3/c1-9-14(10(2)23-19-9)15-13(8-17-22)20(3)18-16(15)11-4-6-12(21)7-5-11/h4-7,21H,8H2,1-3H3. The first kappa shape index (κ1) is 15.0. The van der Waals surface area contributed by atoms with Crippen LogP contribution in [0, 0.1) is 18.8 Å². The number of phenols is 1. The SMILES string of the molecule is Cc1noc(C)c1-c1c(-c2ccc(O)cc2)nn(C)c1CN=O. The van der Waals surface area contributed by atoms with Gasteiger partial charge in [-0.05, 0) is 38.1 Å². The third-order valence-corrected chi connectivity index (χ3v) is 3.80. The fourth-order valence-electron chi connectivity index (χ4n) is 2.73. The maximum atomic E-state index is 10.8. The number of benzene rings is 1. The van der Waals surface area contributed by atoms with E-state index < -0.39 is 0 Å². The second-order valence-electron chi connectivity index (χ2n) is 5.33. The second-order valence-corrected chi connectivity index (χ2v) is 5.33. The molecule has 0 saturated heterocycles. The van der Waals surface area contributed by atoms with E-state index in [-0.39, 0.29) is 12.3 Å². The van der Waals surface area contributed by atoms with Crippen molar-refractivity contribution in [2.75, 3.05) is 0 Å². The highest BCUT2D eigenvalue weighted by Crippen LogP contribution is 2.38. The van der Waals surface area contributed by atoms with E-state index in [2.05, 4.69) is 15.4 Å². The van der Waals surface area contributed by atoms with E-state index in [9.17, 15) is 10.0 Å². The Labute approximate surface area is 132 Å². The summed E-state index contributed by atoms with van der Waals surface area (Å²) in [5, 5.41) is 21.0. The lowest BCUT2D eigenvalue weighted by Gasteiger charge is -2.05. The zero-order valence-corrected chi connectivity index (χ0v) is 13.1. The Morgan fingerprint density at radius 2 is 1.91 bits per heavy atom. The lowest BCUT2D eigenvalue weighted by Crippen LogP contribution is -1.98. The molecule has 1 N–H and O–H groups in total. The molecule has 0 spiro atoms. The van der Waals surface area contributed by atoms with E-state index in [1.165, 1.54) is 0 Å². The molecule has 3 rings (SSSR count). The summed E-state index contributed by atoms with van der Waals surface area (Å²) >= 11 is 0. The minimum Gasteiger partial charge on any atom is -0.508 e. The smallest absolute Gasteiger partial charge is 0.141 e. The van der Waals surface area contributed by atoms with E-state index in [1.54, 1.807) is 36.0 Å². The predicted octanol–water partition coefficient (Wildman–Crippen LogP) is 3.33. The highest BCUT2D eigenvalue weighted by molar-refractivity contribution is 5.84. The van der Waals surface area contributed by atoms with Crippen LogP contribution in [0.15, 0.2) is 34.0 Å². The van der Waals surface area contributed by atoms with E-state index >= 15 is 0 Å². The van der Waals surface area contributed by atoms with Crippen molar-refractivity contribution in [1.82, 2.24) is 14.9 Å². The van der Waals surface area contributed by atoms with Gasteiger partial charge in [0.05, 0.1) is 17.0 Å². The molecule has 3 aromatic rings. The van der Waals surface area contributed by atoms with Crippen LogP contribution in [0.1, 0.15) is 17.1 Å². The fraction of sp³-hybridized carbons (Fsp3) is 0.250. The molecular formula is C16H16N4O3. The Kier molecular flexibility index (Phi) is 3.69. The van der Waals surface area contributed by atoms with E-state index in [1.807, 2.05) is 13.8 Å². The van der Waals surface area contributed by atoms with Gasteiger partial charge >= 0.3 is 0 Å². The molecule has 0 fully saturated rings. The van der Waals surface area contributed by atoms with Gasteiger partial charge < -0.3 is 9.63 Å². The molecule has 7 heteroatoms. The molecule has 0 saturated carbocycles. The summed E-state index contributed by atoms with van der Waals surface area (Å²) < 4.78 is 6.91. The van der Waals surface area contributed by atoms with Crippen LogP contribution in [0.4, 0.5) is 0 Å². The van der Waals surface area contributed by atoms with Crippen LogP contribution in [0.25, 0.3) is 22.4 Å². The number of hydrogen-bond donors (Lipinski definition) is 1. The number of hydrogen-bond acceptors (Lipinski definition) is 6. The van der Waals surface area contributed by atoms with Crippen molar-refractivity contribution in [1.29, 1.82) is 0 Å². The molecule has 0 aliphatic rings. The van der Waals surface area contributed by atoms with E-state index in [4.69, 9.17) is 4.52 Å². The van der Waals surface area contributed by atoms with Crippen molar-refractivity contribution in [3.8, 4) is 28.1 Å². The molecular weight excluding hydrogens is 296 g/mol. The molecule has 0 amide bonds. The molecule has 0 aliphatic heterocycles. The monoisotopic (exact) mass is 312 g/mol. The Hall–Kier alpha value is -2.96. The van der Waals surface area contributed by atoms with Gasteiger partial charge in [-0.2, -0.15) is 10.0 Å². The van der Waals surface area contributed by atoms with Crippen LogP contribution in [-0.4, -0.2) is 20.0 Å². The Bertz CT molecular complexity index is 843. The molecule has 2 heterocycles. The number of nitrogens with zero attached hydrogens (tertiary/aromatic N) is 4. The summed E-state index contributed by atoms with van der Waals surface area (Å²) in [5.74, 6) is 0.834. The van der Waals surface area contributed by atoms with Gasteiger partial charge in [0, 0.05) is 18.2 Å². The fourth-order valence-corrected chi connectivity index (χ4v) is 2.73. The van der Waals surface area contributed by atoms with Gasteiger partial charge in [0.15, 0.2) is 0 Å². The maximum absolute atomic E-state index is 10.8.